The van der Waals surface area contributed by atoms with Crippen molar-refractivity contribution in [3.8, 4) is 0 Å². The third-order valence-corrected chi connectivity index (χ3v) is 7.72. The molecule has 32 heavy (non-hydrogen) atoms. The van der Waals surface area contributed by atoms with Crippen molar-refractivity contribution >= 4 is 45.1 Å². The first kappa shape index (κ1) is 24.4. The van der Waals surface area contributed by atoms with Crippen LogP contribution < -0.4 is 5.32 Å². The van der Waals surface area contributed by atoms with Crippen molar-refractivity contribution in [1.29, 1.82) is 0 Å². The molecule has 2 aromatic carbocycles. The van der Waals surface area contributed by atoms with Gasteiger partial charge in [0.25, 0.3) is 0 Å². The highest BCUT2D eigenvalue weighted by molar-refractivity contribution is 7.89. The molecule has 1 aliphatic heterocycles. The number of nitrogens with one attached hydrogen (secondary N) is 1. The number of halogens is 3. The minimum Gasteiger partial charge on any atom is -0.480 e. The smallest absolute Gasteiger partial charge is 0.326 e. The Morgan fingerprint density at radius 1 is 1.16 bits per heavy atom. The van der Waals surface area contributed by atoms with Crippen LogP contribution in [0.25, 0.3) is 0 Å². The zero-order chi connectivity index (χ0) is 23.6. The van der Waals surface area contributed by atoms with Gasteiger partial charge in [-0.3, -0.25) is 4.79 Å². The fourth-order valence-electron chi connectivity index (χ4n) is 3.74. The number of carboxylic acid groups (broad SMARTS) is 1. The van der Waals surface area contributed by atoms with Gasteiger partial charge >= 0.3 is 5.97 Å². The maximum Gasteiger partial charge on any atom is 0.326 e. The Kier molecular flexibility index (Phi) is 7.44. The predicted octanol–water partition coefficient (Wildman–Crippen LogP) is 3.49. The van der Waals surface area contributed by atoms with E-state index in [9.17, 15) is 27.5 Å². The lowest BCUT2D eigenvalue weighted by molar-refractivity contribution is -0.142. The minimum absolute atomic E-state index is 0.0831. The zero-order valence-corrected chi connectivity index (χ0v) is 19.3. The molecule has 0 spiro atoms. The summed E-state index contributed by atoms with van der Waals surface area (Å²) in [5.74, 6) is -2.48. The van der Waals surface area contributed by atoms with E-state index in [1.54, 1.807) is 6.92 Å². The Bertz CT molecular complexity index is 1110. The average Bonchev–Trinajstić information content (AvgIpc) is 3.10. The number of hydrogen-bond acceptors (Lipinski definition) is 4. The first-order valence-corrected chi connectivity index (χ1v) is 12.0. The molecule has 0 bridgehead atoms. The second-order valence-corrected chi connectivity index (χ2v) is 10.3. The summed E-state index contributed by atoms with van der Waals surface area (Å²) in [7, 11) is -4.13. The summed E-state index contributed by atoms with van der Waals surface area (Å²) in [4.78, 5) is 24.5. The highest BCUT2D eigenvalue weighted by atomic mass is 35.5. The molecule has 0 aliphatic carbocycles. The summed E-state index contributed by atoms with van der Waals surface area (Å²) < 4.78 is 40.8. The van der Waals surface area contributed by atoms with Gasteiger partial charge in [0.05, 0.1) is 4.90 Å². The zero-order valence-electron chi connectivity index (χ0n) is 17.0. The molecule has 172 valence electrons. The van der Waals surface area contributed by atoms with E-state index in [0.717, 1.165) is 4.31 Å². The molecule has 1 amide bonds. The third kappa shape index (κ3) is 5.40. The van der Waals surface area contributed by atoms with Crippen molar-refractivity contribution in [3.63, 3.8) is 0 Å². The molecule has 1 heterocycles. The molecule has 1 saturated heterocycles. The molecule has 0 radical (unpaired) electrons. The summed E-state index contributed by atoms with van der Waals surface area (Å²) in [5, 5.41) is 12.2. The number of carbonyl (C=O) groups excluding carboxylic acids is 1. The van der Waals surface area contributed by atoms with Crippen LogP contribution in [0, 0.1) is 5.82 Å². The predicted molar refractivity (Wildman–Crippen MR) is 118 cm³/mol. The van der Waals surface area contributed by atoms with Crippen LogP contribution in [-0.4, -0.2) is 47.8 Å². The number of carbonyl (C=O) groups is 2. The summed E-state index contributed by atoms with van der Waals surface area (Å²) >= 11 is 11.9. The Hall–Kier alpha value is -2.20. The van der Waals surface area contributed by atoms with E-state index in [2.05, 4.69) is 5.32 Å². The fourth-order valence-corrected chi connectivity index (χ4v) is 6.30. The van der Waals surface area contributed by atoms with E-state index in [-0.39, 0.29) is 27.8 Å². The van der Waals surface area contributed by atoms with Gasteiger partial charge in [0.15, 0.2) is 0 Å². The Labute approximate surface area is 195 Å². The van der Waals surface area contributed by atoms with Gasteiger partial charge in [0.2, 0.25) is 15.9 Å². The van der Waals surface area contributed by atoms with Crippen LogP contribution in [-0.2, 0) is 26.0 Å². The summed E-state index contributed by atoms with van der Waals surface area (Å²) in [6.07, 6.45) is 0.561. The van der Waals surface area contributed by atoms with Gasteiger partial charge in [-0.25, -0.2) is 17.6 Å². The number of carboxylic acids is 1. The number of nitrogens with zero attached hydrogens (tertiary/aromatic N) is 1. The molecule has 1 unspecified atom stereocenters. The second-order valence-electron chi connectivity index (χ2n) is 7.61. The van der Waals surface area contributed by atoms with E-state index in [1.165, 1.54) is 42.5 Å². The quantitative estimate of drug-likeness (QED) is 0.602. The number of benzene rings is 2. The first-order valence-electron chi connectivity index (χ1n) is 9.76. The Balaban J connectivity index is 1.83. The van der Waals surface area contributed by atoms with E-state index in [4.69, 9.17) is 23.2 Å². The molecule has 2 aromatic rings. The van der Waals surface area contributed by atoms with Crippen molar-refractivity contribution in [1.82, 2.24) is 9.62 Å². The monoisotopic (exact) mass is 502 g/mol. The van der Waals surface area contributed by atoms with Crippen LogP contribution >= 0.6 is 23.2 Å². The van der Waals surface area contributed by atoms with Crippen LogP contribution in [0.1, 0.15) is 25.3 Å². The maximum absolute atomic E-state index is 13.3. The van der Waals surface area contributed by atoms with Gasteiger partial charge < -0.3 is 10.4 Å². The summed E-state index contributed by atoms with van der Waals surface area (Å²) in [5.41, 5.74) is 0.511. The minimum atomic E-state index is -4.13. The standard InChI is InChI=1S/C21H21Cl2FN2O5S/c1-12-2-7-19(26(12)32(30,31)17-10-14(22)9-15(23)11-17)20(27)25-18(21(28)29)8-13-3-5-16(24)6-4-13/h3-6,9-12,18-19H,2,7-8H2,1H3,(H,25,27)(H,28,29)/t12?,18-,19-/m0/s1. The number of aliphatic carboxylic acids is 1. The van der Waals surface area contributed by atoms with Crippen molar-refractivity contribution in [3.05, 3.63) is 63.9 Å². The van der Waals surface area contributed by atoms with Gasteiger partial charge in [-0.1, -0.05) is 35.3 Å². The lowest BCUT2D eigenvalue weighted by Gasteiger charge is -2.28. The van der Waals surface area contributed by atoms with Gasteiger partial charge in [-0.05, 0) is 55.7 Å². The number of amides is 1. The van der Waals surface area contributed by atoms with Crippen LogP contribution in [0.4, 0.5) is 4.39 Å². The van der Waals surface area contributed by atoms with Crippen LogP contribution in [0.2, 0.25) is 10.0 Å². The number of hydrogen-bond donors (Lipinski definition) is 2. The molecule has 2 N–H and O–H groups in total. The van der Waals surface area contributed by atoms with Gasteiger partial charge in [-0.2, -0.15) is 4.31 Å². The summed E-state index contributed by atoms with van der Waals surface area (Å²) in [6.45, 7) is 1.67. The lowest BCUT2D eigenvalue weighted by atomic mass is 10.1. The molecular formula is C21H21Cl2FN2O5S. The van der Waals surface area contributed by atoms with Crippen molar-refractivity contribution < 1.29 is 27.5 Å². The molecular weight excluding hydrogens is 482 g/mol. The molecule has 0 aromatic heterocycles. The van der Waals surface area contributed by atoms with E-state index in [0.29, 0.717) is 12.0 Å². The highest BCUT2D eigenvalue weighted by Crippen LogP contribution is 2.33. The highest BCUT2D eigenvalue weighted by Gasteiger charge is 2.44. The van der Waals surface area contributed by atoms with Crippen LogP contribution in [0.3, 0.4) is 0 Å². The average molecular weight is 503 g/mol. The Morgan fingerprint density at radius 3 is 2.31 bits per heavy atom. The first-order chi connectivity index (χ1) is 15.0. The largest absolute Gasteiger partial charge is 0.480 e. The summed E-state index contributed by atoms with van der Waals surface area (Å²) in [6, 6.07) is 6.23. The van der Waals surface area contributed by atoms with Gasteiger partial charge in [0, 0.05) is 22.5 Å². The van der Waals surface area contributed by atoms with E-state index < -0.39 is 45.8 Å². The SMILES string of the molecule is CC1CC[C@@H](C(=O)N[C@@H](Cc2ccc(F)cc2)C(=O)O)N1S(=O)(=O)c1cc(Cl)cc(Cl)c1. The number of sulfonamides is 1. The molecule has 1 fully saturated rings. The normalized spacial score (nSPS) is 20.1. The molecule has 7 nitrogen and oxygen atoms in total. The van der Waals surface area contributed by atoms with Gasteiger partial charge in [-0.15, -0.1) is 0 Å². The van der Waals surface area contributed by atoms with Gasteiger partial charge in [0.1, 0.15) is 17.9 Å². The van der Waals surface area contributed by atoms with Crippen LogP contribution in [0.5, 0.6) is 0 Å². The molecule has 11 heteroatoms. The molecule has 0 saturated carbocycles. The fraction of sp³-hybridized carbons (Fsp3) is 0.333. The third-order valence-electron chi connectivity index (χ3n) is 5.28. The topological polar surface area (TPSA) is 104 Å². The van der Waals surface area contributed by atoms with Crippen molar-refractivity contribution in [2.75, 3.05) is 0 Å². The van der Waals surface area contributed by atoms with Crippen molar-refractivity contribution in [2.24, 2.45) is 0 Å². The Morgan fingerprint density at radius 2 is 1.75 bits per heavy atom. The van der Waals surface area contributed by atoms with E-state index >= 15 is 0 Å². The van der Waals surface area contributed by atoms with E-state index in [1.807, 2.05) is 0 Å². The van der Waals surface area contributed by atoms with Crippen molar-refractivity contribution in [2.45, 2.75) is 49.2 Å². The molecule has 3 atom stereocenters. The second kappa shape index (κ2) is 9.74. The molecule has 1 aliphatic rings. The molecule has 3 rings (SSSR count). The number of rotatable bonds is 7. The van der Waals surface area contributed by atoms with Crippen LogP contribution in [0.15, 0.2) is 47.4 Å². The lowest BCUT2D eigenvalue weighted by Crippen LogP contribution is -2.52. The maximum atomic E-state index is 13.3.